The quantitative estimate of drug-likeness (QED) is 0.463. The van der Waals surface area contributed by atoms with Crippen molar-refractivity contribution in [2.24, 2.45) is 0 Å². The van der Waals surface area contributed by atoms with Crippen LogP contribution in [-0.2, 0) is 0 Å². The first kappa shape index (κ1) is 18.7. The highest BCUT2D eigenvalue weighted by Crippen LogP contribution is 2.42. The van der Waals surface area contributed by atoms with E-state index in [1.54, 1.807) is 0 Å². The minimum Gasteiger partial charge on any atom is -0.379 e. The van der Waals surface area contributed by atoms with Gasteiger partial charge in [0, 0.05) is 17.3 Å². The summed E-state index contributed by atoms with van der Waals surface area (Å²) < 4.78 is 2.43. The molecule has 24 heavy (non-hydrogen) atoms. The van der Waals surface area contributed by atoms with Crippen molar-refractivity contribution in [1.82, 2.24) is 4.23 Å². The fourth-order valence-corrected chi connectivity index (χ4v) is 11.0. The molecule has 1 aromatic carbocycles. The predicted molar refractivity (Wildman–Crippen MR) is 105 cm³/mol. The number of aryl methyl sites for hydroxylation is 1. The monoisotopic (exact) mass is 341 g/mol. The Morgan fingerprint density at radius 3 is 1.79 bits per heavy atom. The Morgan fingerprint density at radius 1 is 0.833 bits per heavy atom. The van der Waals surface area contributed by atoms with Gasteiger partial charge in [-0.1, -0.05) is 71.4 Å². The van der Waals surface area contributed by atoms with Crippen LogP contribution in [-0.4, -0.2) is 18.3 Å². The molecule has 0 radical (unpaired) electrons. The van der Waals surface area contributed by atoms with Crippen LogP contribution in [0.3, 0.4) is 0 Å². The number of ketones is 1. The lowest BCUT2D eigenvalue weighted by molar-refractivity contribution is 0.103. The number of hydrogen-bond acceptors (Lipinski definition) is 1. The molecule has 3 heteroatoms. The SMILES string of the molecule is Cc1ccc(C(=O)c2ccn([Si](C(C)C)(C(C)C)C(C)C)c2)cc1. The molecule has 0 aliphatic heterocycles. The summed E-state index contributed by atoms with van der Waals surface area (Å²) in [5.74, 6) is 0.118. The normalized spacial score (nSPS) is 12.4. The second-order valence-corrected chi connectivity index (χ2v) is 13.6. The molecule has 0 bridgehead atoms. The highest BCUT2D eigenvalue weighted by atomic mass is 28.3. The molecule has 0 aliphatic rings. The number of carbonyl (C=O) groups is 1. The first-order valence-electron chi connectivity index (χ1n) is 9.01. The number of hydrogen-bond donors (Lipinski definition) is 0. The molecule has 2 nitrogen and oxygen atoms in total. The average Bonchev–Trinajstić information content (AvgIpc) is 2.96. The van der Waals surface area contributed by atoms with E-state index in [1.807, 2.05) is 37.3 Å². The van der Waals surface area contributed by atoms with Crippen molar-refractivity contribution in [1.29, 1.82) is 0 Å². The highest BCUT2D eigenvalue weighted by molar-refractivity contribution is 6.82. The molecule has 130 valence electrons. The summed E-state index contributed by atoms with van der Waals surface area (Å²) in [5, 5.41) is 0. The zero-order valence-corrected chi connectivity index (χ0v) is 17.1. The van der Waals surface area contributed by atoms with Gasteiger partial charge < -0.3 is 4.23 Å². The lowest BCUT2D eigenvalue weighted by Gasteiger charge is -2.44. The van der Waals surface area contributed by atoms with Crippen LogP contribution in [0.15, 0.2) is 42.7 Å². The minimum absolute atomic E-state index is 0.118. The van der Waals surface area contributed by atoms with Gasteiger partial charge in [0.2, 0.25) is 0 Å². The third-order valence-corrected chi connectivity index (χ3v) is 12.2. The Hall–Kier alpha value is -1.61. The van der Waals surface area contributed by atoms with Crippen molar-refractivity contribution in [2.45, 2.75) is 65.1 Å². The fraction of sp³-hybridized carbons (Fsp3) is 0.476. The summed E-state index contributed by atoms with van der Waals surface area (Å²) in [6.07, 6.45) is 4.25. The summed E-state index contributed by atoms with van der Waals surface area (Å²) >= 11 is 0. The Balaban J connectivity index is 2.44. The van der Waals surface area contributed by atoms with Gasteiger partial charge >= 0.3 is 0 Å². The molecule has 0 amide bonds. The number of aromatic nitrogens is 1. The average molecular weight is 342 g/mol. The van der Waals surface area contributed by atoms with E-state index < -0.39 is 8.24 Å². The summed E-state index contributed by atoms with van der Waals surface area (Å²) in [5.41, 5.74) is 4.60. The van der Waals surface area contributed by atoms with Crippen LogP contribution in [0.5, 0.6) is 0 Å². The lowest BCUT2D eigenvalue weighted by atomic mass is 10.0. The largest absolute Gasteiger partial charge is 0.379 e. The molecule has 0 saturated heterocycles. The van der Waals surface area contributed by atoms with Crippen LogP contribution in [0.4, 0.5) is 0 Å². The molecule has 0 saturated carbocycles. The van der Waals surface area contributed by atoms with Crippen molar-refractivity contribution in [3.8, 4) is 0 Å². The molecule has 0 fully saturated rings. The summed E-state index contributed by atoms with van der Waals surface area (Å²) in [7, 11) is -1.77. The standard InChI is InChI=1S/C21H31NOSi/c1-15(2)24(16(3)4,17(5)6)22-13-12-20(14-22)21(23)19-10-8-18(7)9-11-19/h8-17H,1-7H3. The van der Waals surface area contributed by atoms with Gasteiger partial charge in [0.05, 0.1) is 0 Å². The Bertz CT molecular complexity index is 673. The van der Waals surface area contributed by atoms with Crippen molar-refractivity contribution in [3.63, 3.8) is 0 Å². The zero-order chi connectivity index (χ0) is 18.1. The molecular formula is C21H31NOSi. The number of rotatable bonds is 6. The van der Waals surface area contributed by atoms with Crippen LogP contribution < -0.4 is 0 Å². The van der Waals surface area contributed by atoms with Crippen molar-refractivity contribution in [3.05, 3.63) is 59.4 Å². The Kier molecular flexibility index (Phi) is 5.54. The predicted octanol–water partition coefficient (Wildman–Crippen LogP) is 6.05. The highest BCUT2D eigenvalue weighted by Gasteiger charge is 2.45. The zero-order valence-electron chi connectivity index (χ0n) is 16.1. The van der Waals surface area contributed by atoms with E-state index in [4.69, 9.17) is 0 Å². The molecule has 0 unspecified atom stereocenters. The molecular weight excluding hydrogens is 310 g/mol. The van der Waals surface area contributed by atoms with E-state index >= 15 is 0 Å². The molecule has 0 aliphatic carbocycles. The van der Waals surface area contributed by atoms with Crippen LogP contribution in [0, 0.1) is 6.92 Å². The summed E-state index contributed by atoms with van der Waals surface area (Å²) in [6.45, 7) is 16.1. The van der Waals surface area contributed by atoms with Gasteiger partial charge in [-0.05, 0) is 35.8 Å². The lowest BCUT2D eigenvalue weighted by Crippen LogP contribution is -2.51. The molecule has 1 aromatic heterocycles. The van der Waals surface area contributed by atoms with Crippen molar-refractivity contribution < 1.29 is 4.79 Å². The van der Waals surface area contributed by atoms with Crippen LogP contribution in [0.1, 0.15) is 63.0 Å². The van der Waals surface area contributed by atoms with E-state index in [0.717, 1.165) is 11.1 Å². The van der Waals surface area contributed by atoms with Gasteiger partial charge in [-0.2, -0.15) is 0 Å². The van der Waals surface area contributed by atoms with Gasteiger partial charge in [-0.25, -0.2) is 0 Å². The minimum atomic E-state index is -1.77. The number of benzene rings is 1. The van der Waals surface area contributed by atoms with Crippen molar-refractivity contribution in [2.75, 3.05) is 0 Å². The molecule has 0 spiro atoms. The fourth-order valence-electron chi connectivity index (χ4n) is 4.54. The first-order valence-corrected chi connectivity index (χ1v) is 11.2. The van der Waals surface area contributed by atoms with E-state index in [-0.39, 0.29) is 5.78 Å². The van der Waals surface area contributed by atoms with E-state index in [2.05, 4.69) is 58.2 Å². The molecule has 1 heterocycles. The molecule has 0 N–H and O–H groups in total. The second kappa shape index (κ2) is 7.10. The first-order chi connectivity index (χ1) is 11.2. The second-order valence-electron chi connectivity index (χ2n) is 7.85. The number of carbonyl (C=O) groups excluding carboxylic acids is 1. The van der Waals surface area contributed by atoms with Crippen LogP contribution in [0.2, 0.25) is 16.6 Å². The maximum atomic E-state index is 12.8. The third kappa shape index (κ3) is 3.14. The van der Waals surface area contributed by atoms with Crippen LogP contribution in [0.25, 0.3) is 0 Å². The summed E-state index contributed by atoms with van der Waals surface area (Å²) in [6, 6.07) is 9.84. The Morgan fingerprint density at radius 2 is 1.33 bits per heavy atom. The topological polar surface area (TPSA) is 22.0 Å². The summed E-state index contributed by atoms with van der Waals surface area (Å²) in [4.78, 5) is 12.8. The maximum absolute atomic E-state index is 12.8. The van der Waals surface area contributed by atoms with E-state index in [0.29, 0.717) is 16.6 Å². The Labute approximate surface area is 148 Å². The van der Waals surface area contributed by atoms with Gasteiger partial charge in [0.1, 0.15) is 0 Å². The molecule has 2 rings (SSSR count). The van der Waals surface area contributed by atoms with Crippen LogP contribution >= 0.6 is 0 Å². The van der Waals surface area contributed by atoms with Gasteiger partial charge in [0.25, 0.3) is 0 Å². The van der Waals surface area contributed by atoms with E-state index in [1.165, 1.54) is 5.56 Å². The molecule has 2 aromatic rings. The third-order valence-electron chi connectivity index (χ3n) is 5.49. The smallest absolute Gasteiger partial charge is 0.194 e. The number of nitrogens with zero attached hydrogens (tertiary/aromatic N) is 1. The van der Waals surface area contributed by atoms with Gasteiger partial charge in [0.15, 0.2) is 14.0 Å². The maximum Gasteiger partial charge on any atom is 0.194 e. The van der Waals surface area contributed by atoms with Gasteiger partial charge in [-0.15, -0.1) is 0 Å². The van der Waals surface area contributed by atoms with E-state index in [9.17, 15) is 4.79 Å². The molecule has 0 atom stereocenters. The van der Waals surface area contributed by atoms with Crippen molar-refractivity contribution >= 4 is 14.0 Å². The van der Waals surface area contributed by atoms with Gasteiger partial charge in [-0.3, -0.25) is 4.79 Å².